The smallest absolute Gasteiger partial charge is 0.0414 e. The average Bonchev–Trinajstić information content (AvgIpc) is 2.53. The van der Waals surface area contributed by atoms with Crippen LogP contribution in [-0.2, 0) is 0 Å². The van der Waals surface area contributed by atoms with Gasteiger partial charge in [0.1, 0.15) is 0 Å². The Morgan fingerprint density at radius 2 is 0.727 bits per heavy atom. The second-order valence-electron chi connectivity index (χ2n) is 7.47. The molecule has 0 saturated heterocycles. The standard InChI is InChI=1S/C22H46/c1-4-7-9-11-12-13-14-15-16-18-21-22(19-6-3)20-17-10-8-5-2/h22H,4-21H2,1-3H3. The molecule has 0 amide bonds. The molecule has 22 heavy (non-hydrogen) atoms. The maximum atomic E-state index is 2.36. The van der Waals surface area contributed by atoms with E-state index >= 15 is 0 Å². The van der Waals surface area contributed by atoms with Gasteiger partial charge in [0.15, 0.2) is 0 Å². The Kier molecular flexibility index (Phi) is 19.0. The first-order valence-corrected chi connectivity index (χ1v) is 10.8. The SMILES string of the molecule is CCCCCCCCCCCCC(CCC)CCCCCC. The number of rotatable bonds is 18. The van der Waals surface area contributed by atoms with Gasteiger partial charge in [0.05, 0.1) is 0 Å². The minimum atomic E-state index is 1.04. The third-order valence-electron chi connectivity index (χ3n) is 5.13. The number of hydrogen-bond donors (Lipinski definition) is 0. The lowest BCUT2D eigenvalue weighted by Gasteiger charge is -2.15. The van der Waals surface area contributed by atoms with Crippen LogP contribution in [0.3, 0.4) is 0 Å². The van der Waals surface area contributed by atoms with Crippen LogP contribution in [0.4, 0.5) is 0 Å². The molecule has 0 aliphatic heterocycles. The predicted molar refractivity (Wildman–Crippen MR) is 104 cm³/mol. The highest BCUT2D eigenvalue weighted by Crippen LogP contribution is 2.23. The summed E-state index contributed by atoms with van der Waals surface area (Å²) in [6, 6.07) is 0. The molecular formula is C22H46. The van der Waals surface area contributed by atoms with Gasteiger partial charge in [0, 0.05) is 0 Å². The summed E-state index contributed by atoms with van der Waals surface area (Å²) in [5.41, 5.74) is 0. The van der Waals surface area contributed by atoms with Crippen molar-refractivity contribution in [2.75, 3.05) is 0 Å². The van der Waals surface area contributed by atoms with Crippen LogP contribution in [0.2, 0.25) is 0 Å². The quantitative estimate of drug-likeness (QED) is 0.222. The zero-order chi connectivity index (χ0) is 16.3. The van der Waals surface area contributed by atoms with Crippen LogP contribution in [0, 0.1) is 5.92 Å². The maximum absolute atomic E-state index is 2.36. The van der Waals surface area contributed by atoms with Crippen LogP contribution < -0.4 is 0 Å². The molecule has 0 aromatic carbocycles. The summed E-state index contributed by atoms with van der Waals surface area (Å²) in [5.74, 6) is 1.04. The Balaban J connectivity index is 3.36. The van der Waals surface area contributed by atoms with E-state index in [1.165, 1.54) is 116 Å². The molecule has 1 atom stereocenters. The van der Waals surface area contributed by atoms with Gasteiger partial charge in [-0.1, -0.05) is 136 Å². The van der Waals surface area contributed by atoms with E-state index in [2.05, 4.69) is 20.8 Å². The van der Waals surface area contributed by atoms with Crippen molar-refractivity contribution in [3.8, 4) is 0 Å². The Labute approximate surface area is 142 Å². The minimum Gasteiger partial charge on any atom is -0.0654 e. The van der Waals surface area contributed by atoms with E-state index in [1.807, 2.05) is 0 Å². The van der Waals surface area contributed by atoms with Crippen molar-refractivity contribution >= 4 is 0 Å². The lowest BCUT2D eigenvalue weighted by Crippen LogP contribution is -2.00. The van der Waals surface area contributed by atoms with Crippen molar-refractivity contribution in [3.05, 3.63) is 0 Å². The molecule has 0 rings (SSSR count). The van der Waals surface area contributed by atoms with Gasteiger partial charge in [-0.25, -0.2) is 0 Å². The van der Waals surface area contributed by atoms with Gasteiger partial charge in [-0.2, -0.15) is 0 Å². The molecule has 0 heterocycles. The second kappa shape index (κ2) is 19.0. The van der Waals surface area contributed by atoms with Crippen molar-refractivity contribution < 1.29 is 0 Å². The Bertz CT molecular complexity index is 184. The first-order chi connectivity index (χ1) is 10.8. The monoisotopic (exact) mass is 310 g/mol. The lowest BCUT2D eigenvalue weighted by atomic mass is 9.91. The Hall–Kier alpha value is 0. The molecule has 134 valence electrons. The number of hydrogen-bond acceptors (Lipinski definition) is 0. The van der Waals surface area contributed by atoms with Crippen LogP contribution in [0.25, 0.3) is 0 Å². The summed E-state index contributed by atoms with van der Waals surface area (Å²) in [5, 5.41) is 0. The third kappa shape index (κ3) is 16.4. The summed E-state index contributed by atoms with van der Waals surface area (Å²) in [4.78, 5) is 0. The zero-order valence-corrected chi connectivity index (χ0v) is 16.3. The molecule has 0 saturated carbocycles. The van der Waals surface area contributed by atoms with Crippen molar-refractivity contribution in [1.82, 2.24) is 0 Å². The molecule has 1 unspecified atom stereocenters. The summed E-state index contributed by atoms with van der Waals surface area (Å²) >= 11 is 0. The lowest BCUT2D eigenvalue weighted by molar-refractivity contribution is 0.378. The summed E-state index contributed by atoms with van der Waals surface area (Å²) in [6.45, 7) is 6.97. The van der Waals surface area contributed by atoms with Crippen LogP contribution >= 0.6 is 0 Å². The van der Waals surface area contributed by atoms with Crippen molar-refractivity contribution in [1.29, 1.82) is 0 Å². The fourth-order valence-corrected chi connectivity index (χ4v) is 3.62. The zero-order valence-electron chi connectivity index (χ0n) is 16.3. The van der Waals surface area contributed by atoms with E-state index < -0.39 is 0 Å². The molecule has 0 N–H and O–H groups in total. The highest BCUT2D eigenvalue weighted by atomic mass is 14.1. The fraction of sp³-hybridized carbons (Fsp3) is 1.00. The van der Waals surface area contributed by atoms with Crippen molar-refractivity contribution in [3.63, 3.8) is 0 Å². The van der Waals surface area contributed by atoms with E-state index in [0.717, 1.165) is 5.92 Å². The molecule has 0 radical (unpaired) electrons. The van der Waals surface area contributed by atoms with Crippen LogP contribution in [0.5, 0.6) is 0 Å². The molecule has 0 heteroatoms. The van der Waals surface area contributed by atoms with Gasteiger partial charge < -0.3 is 0 Å². The highest BCUT2D eigenvalue weighted by molar-refractivity contribution is 4.60. The molecule has 0 spiro atoms. The first-order valence-electron chi connectivity index (χ1n) is 10.8. The first kappa shape index (κ1) is 22.0. The molecule has 0 bridgehead atoms. The van der Waals surface area contributed by atoms with E-state index in [9.17, 15) is 0 Å². The normalized spacial score (nSPS) is 12.7. The van der Waals surface area contributed by atoms with Crippen LogP contribution in [-0.4, -0.2) is 0 Å². The van der Waals surface area contributed by atoms with Gasteiger partial charge in [-0.3, -0.25) is 0 Å². The minimum absolute atomic E-state index is 1.04. The number of unbranched alkanes of at least 4 members (excludes halogenated alkanes) is 12. The molecule has 0 aromatic heterocycles. The van der Waals surface area contributed by atoms with Gasteiger partial charge in [-0.05, 0) is 5.92 Å². The third-order valence-corrected chi connectivity index (χ3v) is 5.13. The van der Waals surface area contributed by atoms with E-state index in [1.54, 1.807) is 0 Å². The molecule has 0 aliphatic rings. The van der Waals surface area contributed by atoms with Gasteiger partial charge in [-0.15, -0.1) is 0 Å². The molecule has 0 aliphatic carbocycles. The summed E-state index contributed by atoms with van der Waals surface area (Å²) in [6.07, 6.45) is 26.3. The van der Waals surface area contributed by atoms with Gasteiger partial charge in [0.25, 0.3) is 0 Å². The van der Waals surface area contributed by atoms with Crippen LogP contribution in [0.15, 0.2) is 0 Å². The Morgan fingerprint density at radius 3 is 1.14 bits per heavy atom. The molecule has 0 nitrogen and oxygen atoms in total. The fourth-order valence-electron chi connectivity index (χ4n) is 3.62. The van der Waals surface area contributed by atoms with E-state index in [0.29, 0.717) is 0 Å². The molecule has 0 aromatic rings. The van der Waals surface area contributed by atoms with E-state index in [-0.39, 0.29) is 0 Å². The summed E-state index contributed by atoms with van der Waals surface area (Å²) < 4.78 is 0. The Morgan fingerprint density at radius 1 is 0.364 bits per heavy atom. The molecular weight excluding hydrogens is 264 g/mol. The average molecular weight is 311 g/mol. The van der Waals surface area contributed by atoms with Gasteiger partial charge in [0.2, 0.25) is 0 Å². The van der Waals surface area contributed by atoms with Crippen molar-refractivity contribution in [2.24, 2.45) is 5.92 Å². The maximum Gasteiger partial charge on any atom is -0.0414 e. The largest absolute Gasteiger partial charge is 0.0654 e. The topological polar surface area (TPSA) is 0 Å². The van der Waals surface area contributed by atoms with Gasteiger partial charge >= 0.3 is 0 Å². The van der Waals surface area contributed by atoms with Crippen molar-refractivity contribution in [2.45, 2.75) is 136 Å². The van der Waals surface area contributed by atoms with E-state index in [4.69, 9.17) is 0 Å². The predicted octanol–water partition coefficient (Wildman–Crippen LogP) is 8.68. The molecule has 0 fully saturated rings. The van der Waals surface area contributed by atoms with Crippen LogP contribution in [0.1, 0.15) is 136 Å². The second-order valence-corrected chi connectivity index (χ2v) is 7.47. The highest BCUT2D eigenvalue weighted by Gasteiger charge is 2.07. The summed E-state index contributed by atoms with van der Waals surface area (Å²) in [7, 11) is 0.